The zero-order chi connectivity index (χ0) is 13.6. The molecule has 0 aromatic heterocycles. The fraction of sp³-hybridized carbons (Fsp3) is 0.647. The van der Waals surface area contributed by atoms with Crippen molar-refractivity contribution in [2.24, 2.45) is 5.92 Å². The van der Waals surface area contributed by atoms with Gasteiger partial charge in [0.25, 0.3) is 0 Å². The first-order chi connectivity index (χ1) is 9.10. The third-order valence-corrected chi connectivity index (χ3v) is 5.11. The third kappa shape index (κ3) is 2.21. The maximum atomic E-state index is 6.04. The van der Waals surface area contributed by atoms with E-state index in [1.54, 1.807) is 0 Å². The Morgan fingerprint density at radius 2 is 1.84 bits per heavy atom. The molecule has 0 saturated carbocycles. The van der Waals surface area contributed by atoms with Crippen molar-refractivity contribution in [2.75, 3.05) is 7.05 Å². The van der Waals surface area contributed by atoms with Crippen molar-refractivity contribution in [3.8, 4) is 0 Å². The lowest BCUT2D eigenvalue weighted by Crippen LogP contribution is -2.32. The van der Waals surface area contributed by atoms with Crippen LogP contribution in [0.25, 0.3) is 0 Å². The second-order valence-electron chi connectivity index (χ2n) is 6.33. The molecule has 1 N–H and O–H groups in total. The van der Waals surface area contributed by atoms with Gasteiger partial charge in [0.05, 0.1) is 12.2 Å². The van der Waals surface area contributed by atoms with Crippen molar-refractivity contribution in [3.63, 3.8) is 0 Å². The van der Waals surface area contributed by atoms with E-state index in [0.717, 1.165) is 0 Å². The Labute approximate surface area is 116 Å². The molecule has 1 aromatic rings. The van der Waals surface area contributed by atoms with Gasteiger partial charge in [0.1, 0.15) is 0 Å². The van der Waals surface area contributed by atoms with Crippen LogP contribution in [0.1, 0.15) is 47.6 Å². The van der Waals surface area contributed by atoms with Crippen LogP contribution in [0.3, 0.4) is 0 Å². The summed E-state index contributed by atoms with van der Waals surface area (Å²) in [5, 5.41) is 3.55. The number of rotatable bonds is 3. The van der Waals surface area contributed by atoms with Crippen LogP contribution in [0.15, 0.2) is 12.1 Å². The minimum absolute atomic E-state index is 0.439. The van der Waals surface area contributed by atoms with Gasteiger partial charge >= 0.3 is 0 Å². The molecule has 2 heteroatoms. The second kappa shape index (κ2) is 4.92. The molecular formula is C17H25NO. The number of hydrogen-bond acceptors (Lipinski definition) is 2. The Bertz CT molecular complexity index is 482. The average Bonchev–Trinajstić information content (AvgIpc) is 2.99. The Kier molecular flexibility index (Phi) is 3.40. The molecule has 0 amide bonds. The van der Waals surface area contributed by atoms with Gasteiger partial charge < -0.3 is 10.1 Å². The molecule has 19 heavy (non-hydrogen) atoms. The Morgan fingerprint density at radius 1 is 1.11 bits per heavy atom. The minimum Gasteiger partial charge on any atom is -0.375 e. The minimum atomic E-state index is 0.439. The van der Waals surface area contributed by atoms with Crippen molar-refractivity contribution in [1.29, 1.82) is 0 Å². The van der Waals surface area contributed by atoms with Crippen LogP contribution < -0.4 is 5.32 Å². The van der Waals surface area contributed by atoms with Crippen molar-refractivity contribution >= 4 is 0 Å². The monoisotopic (exact) mass is 259 g/mol. The smallest absolute Gasteiger partial charge is 0.0627 e. The lowest BCUT2D eigenvalue weighted by Gasteiger charge is -2.30. The van der Waals surface area contributed by atoms with Crippen molar-refractivity contribution in [2.45, 2.75) is 58.3 Å². The molecule has 2 aliphatic rings. The fourth-order valence-corrected chi connectivity index (χ4v) is 3.95. The van der Waals surface area contributed by atoms with Gasteiger partial charge in [-0.1, -0.05) is 12.1 Å². The number of aryl methyl sites for hydroxylation is 3. The summed E-state index contributed by atoms with van der Waals surface area (Å²) in [5.74, 6) is 0.643. The maximum absolute atomic E-state index is 6.04. The van der Waals surface area contributed by atoms with E-state index in [9.17, 15) is 0 Å². The molecule has 3 rings (SSSR count). The van der Waals surface area contributed by atoms with Gasteiger partial charge in [-0.3, -0.25) is 0 Å². The highest BCUT2D eigenvalue weighted by Gasteiger charge is 2.44. The van der Waals surface area contributed by atoms with E-state index in [0.29, 0.717) is 24.2 Å². The Morgan fingerprint density at radius 3 is 2.42 bits per heavy atom. The van der Waals surface area contributed by atoms with E-state index in [-0.39, 0.29) is 0 Å². The molecular weight excluding hydrogens is 234 g/mol. The predicted molar refractivity (Wildman–Crippen MR) is 78.5 cm³/mol. The van der Waals surface area contributed by atoms with E-state index < -0.39 is 0 Å². The molecule has 2 heterocycles. The van der Waals surface area contributed by atoms with Crippen LogP contribution in [-0.2, 0) is 4.74 Å². The van der Waals surface area contributed by atoms with E-state index in [1.807, 2.05) is 0 Å². The highest BCUT2D eigenvalue weighted by Crippen LogP contribution is 2.45. The molecule has 0 spiro atoms. The summed E-state index contributed by atoms with van der Waals surface area (Å²) >= 11 is 0. The quantitative estimate of drug-likeness (QED) is 0.898. The lowest BCUT2D eigenvalue weighted by molar-refractivity contribution is 0.0862. The summed E-state index contributed by atoms with van der Waals surface area (Å²) in [5.41, 5.74) is 5.65. The van der Waals surface area contributed by atoms with Gasteiger partial charge in [-0.15, -0.1) is 0 Å². The molecule has 4 atom stereocenters. The normalized spacial score (nSPS) is 30.8. The molecule has 0 radical (unpaired) electrons. The van der Waals surface area contributed by atoms with Crippen LogP contribution in [0.5, 0.6) is 0 Å². The van der Waals surface area contributed by atoms with Gasteiger partial charge in [0.2, 0.25) is 0 Å². The SMILES string of the molecule is CNC(c1cc(C)c(C)cc1C)C1CC2CCC1O2. The average molecular weight is 259 g/mol. The molecule has 2 bridgehead atoms. The zero-order valence-electron chi connectivity index (χ0n) is 12.5. The summed E-state index contributed by atoms with van der Waals surface area (Å²) in [6.07, 6.45) is 4.74. The molecule has 2 fully saturated rings. The van der Waals surface area contributed by atoms with E-state index in [2.05, 4.69) is 45.3 Å². The summed E-state index contributed by atoms with van der Waals surface area (Å²) in [4.78, 5) is 0. The summed E-state index contributed by atoms with van der Waals surface area (Å²) in [6, 6.07) is 5.13. The molecule has 104 valence electrons. The summed E-state index contributed by atoms with van der Waals surface area (Å²) < 4.78 is 6.04. The first-order valence-corrected chi connectivity index (χ1v) is 7.50. The van der Waals surface area contributed by atoms with E-state index in [1.165, 1.54) is 41.5 Å². The van der Waals surface area contributed by atoms with E-state index in [4.69, 9.17) is 4.74 Å². The van der Waals surface area contributed by atoms with Crippen LogP contribution in [-0.4, -0.2) is 19.3 Å². The van der Waals surface area contributed by atoms with Crippen molar-refractivity contribution in [1.82, 2.24) is 5.32 Å². The van der Waals surface area contributed by atoms with Gasteiger partial charge in [-0.25, -0.2) is 0 Å². The number of fused-ring (bicyclic) bond motifs is 2. The highest BCUT2D eigenvalue weighted by molar-refractivity contribution is 5.38. The number of hydrogen-bond donors (Lipinski definition) is 1. The number of nitrogens with one attached hydrogen (secondary N) is 1. The molecule has 1 aromatic carbocycles. The number of benzene rings is 1. The van der Waals surface area contributed by atoms with Gasteiger partial charge in [-0.2, -0.15) is 0 Å². The molecule has 2 saturated heterocycles. The van der Waals surface area contributed by atoms with Crippen LogP contribution in [0, 0.1) is 26.7 Å². The van der Waals surface area contributed by atoms with Crippen LogP contribution >= 0.6 is 0 Å². The van der Waals surface area contributed by atoms with Crippen molar-refractivity contribution in [3.05, 3.63) is 34.4 Å². The topological polar surface area (TPSA) is 21.3 Å². The number of ether oxygens (including phenoxy) is 1. The second-order valence-corrected chi connectivity index (χ2v) is 6.33. The molecule has 2 aliphatic heterocycles. The fourth-order valence-electron chi connectivity index (χ4n) is 3.95. The first kappa shape index (κ1) is 13.1. The van der Waals surface area contributed by atoms with Gasteiger partial charge in [-0.05, 0) is 69.3 Å². The first-order valence-electron chi connectivity index (χ1n) is 7.50. The Balaban J connectivity index is 1.92. The summed E-state index contributed by atoms with van der Waals surface area (Å²) in [7, 11) is 2.09. The highest BCUT2D eigenvalue weighted by atomic mass is 16.5. The van der Waals surface area contributed by atoms with E-state index >= 15 is 0 Å². The maximum Gasteiger partial charge on any atom is 0.0627 e. The Hall–Kier alpha value is -0.860. The standard InChI is InChI=1S/C17H25NO/c1-10-7-12(3)14(8-11(10)2)17(18-4)15-9-13-5-6-16(15)19-13/h7-8,13,15-18H,5-6,9H2,1-4H3. The van der Waals surface area contributed by atoms with Gasteiger partial charge in [0, 0.05) is 12.0 Å². The predicted octanol–water partition coefficient (Wildman–Crippen LogP) is 3.44. The zero-order valence-corrected chi connectivity index (χ0v) is 12.5. The lowest BCUT2D eigenvalue weighted by atomic mass is 9.79. The largest absolute Gasteiger partial charge is 0.375 e. The summed E-state index contributed by atoms with van der Waals surface area (Å²) in [6.45, 7) is 6.64. The third-order valence-electron chi connectivity index (χ3n) is 5.11. The van der Waals surface area contributed by atoms with Crippen LogP contribution in [0.2, 0.25) is 0 Å². The van der Waals surface area contributed by atoms with Crippen LogP contribution in [0.4, 0.5) is 0 Å². The molecule has 4 unspecified atom stereocenters. The molecule has 0 aliphatic carbocycles. The van der Waals surface area contributed by atoms with Crippen molar-refractivity contribution < 1.29 is 4.74 Å². The van der Waals surface area contributed by atoms with Gasteiger partial charge in [0.15, 0.2) is 0 Å². The molecule has 2 nitrogen and oxygen atoms in total.